The molecule has 0 aliphatic carbocycles. The molecule has 0 heterocycles. The Balaban J connectivity index is 4.43. The van der Waals surface area contributed by atoms with Crippen LogP contribution in [0.5, 0.6) is 0 Å². The Morgan fingerprint density at radius 1 is 0.269 bits per heavy atom. The molecular weight excluding hydrogens is 961 g/mol. The summed E-state index contributed by atoms with van der Waals surface area (Å²) in [5, 5.41) is 0. The zero-order valence-corrected chi connectivity index (χ0v) is 50.9. The highest BCUT2D eigenvalue weighted by atomic mass is 16.6. The van der Waals surface area contributed by atoms with Gasteiger partial charge in [0.2, 0.25) is 0 Å². The van der Waals surface area contributed by atoms with Gasteiger partial charge in [-0.15, -0.1) is 0 Å². The molecule has 0 aromatic rings. The number of rotatable bonds is 58. The monoisotopic (exact) mass is 1080 g/mol. The number of ether oxygens (including phenoxy) is 3. The molecule has 0 aliphatic heterocycles. The minimum atomic E-state index is -0.796. The lowest BCUT2D eigenvalue weighted by Gasteiger charge is -2.18. The molecule has 6 nitrogen and oxygen atoms in total. The summed E-state index contributed by atoms with van der Waals surface area (Å²) in [7, 11) is 0. The third-order valence-electron chi connectivity index (χ3n) is 13.7. The highest BCUT2D eigenvalue weighted by molar-refractivity contribution is 5.71. The smallest absolute Gasteiger partial charge is 0.306 e. The average Bonchev–Trinajstić information content (AvgIpc) is 3.44. The van der Waals surface area contributed by atoms with Gasteiger partial charge in [-0.3, -0.25) is 14.4 Å². The first-order chi connectivity index (χ1) is 38.5. The second kappa shape index (κ2) is 65.3. The molecule has 0 spiro atoms. The molecule has 0 saturated heterocycles. The van der Waals surface area contributed by atoms with Crippen molar-refractivity contribution in [2.45, 2.75) is 303 Å². The van der Waals surface area contributed by atoms with Gasteiger partial charge >= 0.3 is 17.9 Å². The van der Waals surface area contributed by atoms with Gasteiger partial charge < -0.3 is 14.2 Å². The molecule has 0 bridgehead atoms. The Morgan fingerprint density at radius 3 is 0.782 bits per heavy atom. The van der Waals surface area contributed by atoms with Crippen molar-refractivity contribution in [1.82, 2.24) is 0 Å². The van der Waals surface area contributed by atoms with Gasteiger partial charge in [-0.2, -0.15) is 0 Å². The van der Waals surface area contributed by atoms with E-state index in [1.807, 2.05) is 0 Å². The summed E-state index contributed by atoms with van der Waals surface area (Å²) < 4.78 is 16.9. The number of allylic oxidation sites excluding steroid dienone is 20. The predicted octanol–water partition coefficient (Wildman–Crippen LogP) is 22.4. The van der Waals surface area contributed by atoms with Crippen molar-refractivity contribution in [3.05, 3.63) is 122 Å². The van der Waals surface area contributed by atoms with E-state index in [9.17, 15) is 14.4 Å². The third kappa shape index (κ3) is 62.7. The van der Waals surface area contributed by atoms with Gasteiger partial charge in [-0.05, 0) is 109 Å². The zero-order chi connectivity index (χ0) is 56.4. The number of hydrogen-bond donors (Lipinski definition) is 0. The number of carbonyl (C=O) groups is 3. The van der Waals surface area contributed by atoms with Crippen LogP contribution in [0.25, 0.3) is 0 Å². The fourth-order valence-electron chi connectivity index (χ4n) is 8.91. The molecule has 0 radical (unpaired) electrons. The van der Waals surface area contributed by atoms with E-state index in [2.05, 4.69) is 142 Å². The van der Waals surface area contributed by atoms with Crippen molar-refractivity contribution in [1.29, 1.82) is 0 Å². The summed E-state index contributed by atoms with van der Waals surface area (Å²) in [6, 6.07) is 0. The Bertz CT molecular complexity index is 1620. The number of hydrogen-bond acceptors (Lipinski definition) is 6. The van der Waals surface area contributed by atoms with Crippen LogP contribution < -0.4 is 0 Å². The zero-order valence-electron chi connectivity index (χ0n) is 50.9. The first-order valence-electron chi connectivity index (χ1n) is 32.5. The van der Waals surface area contributed by atoms with Crippen molar-refractivity contribution in [2.24, 2.45) is 0 Å². The largest absolute Gasteiger partial charge is 0.462 e. The first kappa shape index (κ1) is 73.8. The predicted molar refractivity (Wildman–Crippen MR) is 339 cm³/mol. The molecule has 78 heavy (non-hydrogen) atoms. The maximum atomic E-state index is 12.9. The Morgan fingerprint density at radius 2 is 0.500 bits per heavy atom. The molecule has 0 aromatic carbocycles. The number of carbonyl (C=O) groups excluding carboxylic acids is 3. The lowest BCUT2D eigenvalue weighted by molar-refractivity contribution is -0.167. The van der Waals surface area contributed by atoms with Crippen molar-refractivity contribution in [3.8, 4) is 0 Å². The Hall–Kier alpha value is -4.19. The summed E-state index contributed by atoms with van der Waals surface area (Å²) in [5.74, 6) is -0.910. The molecule has 0 aromatic heterocycles. The summed E-state index contributed by atoms with van der Waals surface area (Å²) in [4.78, 5) is 38.4. The van der Waals surface area contributed by atoms with E-state index in [0.29, 0.717) is 19.3 Å². The highest BCUT2D eigenvalue weighted by Crippen LogP contribution is 2.16. The standard InChI is InChI=1S/C72H120O6/c1-4-7-10-13-16-19-22-25-28-31-33-34-35-36-37-38-40-41-44-47-50-53-56-59-62-65-71(74)77-68-69(67-76-70(73)64-61-58-55-52-49-46-43-30-27-24-21-18-15-12-9-6-3)78-72(75)66-63-60-57-54-51-48-45-42-39-32-29-26-23-20-17-14-11-8-5-2/h7-8,10-11,16-17,19-20,25-26,28-29,33-34,36-37,39-42,69H,4-6,9,12-15,18,21-24,27,30-32,35,38,43-68H2,1-3H3/b10-7-,11-8-,19-16-,20-17-,28-25-,29-26-,34-33-,37-36-,41-40-,42-39-. The van der Waals surface area contributed by atoms with Crippen LogP contribution in [-0.2, 0) is 28.6 Å². The van der Waals surface area contributed by atoms with E-state index in [0.717, 1.165) is 148 Å². The minimum Gasteiger partial charge on any atom is -0.462 e. The van der Waals surface area contributed by atoms with Crippen molar-refractivity contribution in [3.63, 3.8) is 0 Å². The maximum Gasteiger partial charge on any atom is 0.306 e. The fourth-order valence-corrected chi connectivity index (χ4v) is 8.91. The fraction of sp³-hybridized carbons (Fsp3) is 0.681. The average molecular weight is 1080 g/mol. The van der Waals surface area contributed by atoms with E-state index >= 15 is 0 Å². The molecule has 0 rings (SSSR count). The molecule has 1 unspecified atom stereocenters. The van der Waals surface area contributed by atoms with Gasteiger partial charge in [-0.25, -0.2) is 0 Å². The molecule has 0 N–H and O–H groups in total. The van der Waals surface area contributed by atoms with Gasteiger partial charge in [0.25, 0.3) is 0 Å². The molecular formula is C72H120O6. The second-order valence-electron chi connectivity index (χ2n) is 21.3. The Labute approximate surface area is 482 Å². The summed E-state index contributed by atoms with van der Waals surface area (Å²) in [6.45, 7) is 6.41. The van der Waals surface area contributed by atoms with Gasteiger partial charge in [0.05, 0.1) is 0 Å². The van der Waals surface area contributed by atoms with Crippen LogP contribution in [0, 0.1) is 0 Å². The number of esters is 3. The van der Waals surface area contributed by atoms with Crippen molar-refractivity contribution in [2.75, 3.05) is 13.2 Å². The minimum absolute atomic E-state index is 0.0887. The van der Waals surface area contributed by atoms with Crippen molar-refractivity contribution >= 4 is 17.9 Å². The molecule has 1 atom stereocenters. The highest BCUT2D eigenvalue weighted by Gasteiger charge is 2.19. The molecule has 6 heteroatoms. The van der Waals surface area contributed by atoms with Crippen LogP contribution in [0.3, 0.4) is 0 Å². The van der Waals surface area contributed by atoms with Gasteiger partial charge in [0.1, 0.15) is 13.2 Å². The van der Waals surface area contributed by atoms with Gasteiger partial charge in [-0.1, -0.05) is 290 Å². The molecule has 0 aliphatic rings. The quantitative estimate of drug-likeness (QED) is 0.0261. The third-order valence-corrected chi connectivity index (χ3v) is 13.7. The van der Waals surface area contributed by atoms with E-state index in [-0.39, 0.29) is 31.1 Å². The van der Waals surface area contributed by atoms with E-state index in [4.69, 9.17) is 14.2 Å². The lowest BCUT2D eigenvalue weighted by atomic mass is 10.0. The van der Waals surface area contributed by atoms with E-state index in [1.54, 1.807) is 0 Å². The molecule has 444 valence electrons. The maximum absolute atomic E-state index is 12.9. The van der Waals surface area contributed by atoms with Gasteiger partial charge in [0, 0.05) is 19.3 Å². The topological polar surface area (TPSA) is 78.9 Å². The Kier molecular flexibility index (Phi) is 61.8. The summed E-state index contributed by atoms with van der Waals surface area (Å²) in [6.07, 6.45) is 90.5. The van der Waals surface area contributed by atoms with Crippen LogP contribution in [0.4, 0.5) is 0 Å². The molecule has 0 amide bonds. The van der Waals surface area contributed by atoms with E-state index < -0.39 is 6.10 Å². The van der Waals surface area contributed by atoms with Crippen LogP contribution in [0.2, 0.25) is 0 Å². The van der Waals surface area contributed by atoms with Gasteiger partial charge in [0.15, 0.2) is 6.10 Å². The van der Waals surface area contributed by atoms with Crippen LogP contribution in [-0.4, -0.2) is 37.2 Å². The molecule has 0 saturated carbocycles. The van der Waals surface area contributed by atoms with Crippen LogP contribution >= 0.6 is 0 Å². The summed E-state index contributed by atoms with van der Waals surface area (Å²) >= 11 is 0. The second-order valence-corrected chi connectivity index (χ2v) is 21.3. The molecule has 0 fully saturated rings. The summed E-state index contributed by atoms with van der Waals surface area (Å²) in [5.41, 5.74) is 0. The normalized spacial score (nSPS) is 12.9. The van der Waals surface area contributed by atoms with E-state index in [1.165, 1.54) is 109 Å². The van der Waals surface area contributed by atoms with Crippen LogP contribution in [0.15, 0.2) is 122 Å². The van der Waals surface area contributed by atoms with Crippen molar-refractivity contribution < 1.29 is 28.6 Å². The SMILES string of the molecule is CC/C=C\C/C=C\C/C=C\C/C=C\C/C=C\C/C=C\CCCCCCCCC(=O)OCC(COC(=O)CCCCCCCCCCCCCCCCCC)OC(=O)CCCCCCCC/C=C\C/C=C\C/C=C\C/C=C\CC. The van der Waals surface area contributed by atoms with Crippen LogP contribution in [0.1, 0.15) is 297 Å². The number of unbranched alkanes of at least 4 members (excludes halogenated alkanes) is 27. The first-order valence-corrected chi connectivity index (χ1v) is 32.5. The lowest BCUT2D eigenvalue weighted by Crippen LogP contribution is -2.30.